The van der Waals surface area contributed by atoms with E-state index in [1.807, 2.05) is 12.1 Å². The third-order valence-corrected chi connectivity index (χ3v) is 3.88. The summed E-state index contributed by atoms with van der Waals surface area (Å²) in [5.41, 5.74) is 2.45. The molecule has 1 amide bonds. The van der Waals surface area contributed by atoms with Gasteiger partial charge in [0, 0.05) is 11.1 Å². The molecule has 2 aromatic rings. The van der Waals surface area contributed by atoms with Crippen LogP contribution >= 0.6 is 0 Å². The maximum absolute atomic E-state index is 12.1. The molecule has 0 aliphatic rings. The Hall–Kier alpha value is -2.95. The highest BCUT2D eigenvalue weighted by atomic mass is 16.5. The van der Waals surface area contributed by atoms with Crippen LogP contribution in [-0.4, -0.2) is 31.3 Å². The van der Waals surface area contributed by atoms with E-state index in [9.17, 15) is 14.4 Å². The van der Waals surface area contributed by atoms with Crippen LogP contribution in [0.3, 0.4) is 0 Å². The lowest BCUT2D eigenvalue weighted by Crippen LogP contribution is -2.29. The van der Waals surface area contributed by atoms with Gasteiger partial charge in [0.25, 0.3) is 5.91 Å². The summed E-state index contributed by atoms with van der Waals surface area (Å²) in [7, 11) is 1.30. The van der Waals surface area contributed by atoms with Gasteiger partial charge in [-0.25, -0.2) is 4.79 Å². The molecule has 5 heteroatoms. The minimum absolute atomic E-state index is 0.109. The number of carbonyl (C=O) groups is 3. The van der Waals surface area contributed by atoms with Gasteiger partial charge < -0.3 is 10.1 Å². The van der Waals surface area contributed by atoms with Gasteiger partial charge in [0.1, 0.15) is 0 Å². The summed E-state index contributed by atoms with van der Waals surface area (Å²) >= 11 is 0. The van der Waals surface area contributed by atoms with Crippen LogP contribution in [-0.2, 0) is 4.74 Å². The van der Waals surface area contributed by atoms with Gasteiger partial charge >= 0.3 is 5.97 Å². The molecule has 0 saturated heterocycles. The van der Waals surface area contributed by atoms with Crippen molar-refractivity contribution < 1.29 is 19.1 Å². The van der Waals surface area contributed by atoms with E-state index in [2.05, 4.69) is 23.9 Å². The number of carbonyl (C=O) groups excluding carboxylic acids is 3. The van der Waals surface area contributed by atoms with E-state index in [1.165, 1.54) is 31.4 Å². The Kier molecular flexibility index (Phi) is 6.06. The molecular weight excluding hydrogens is 318 g/mol. The predicted octanol–water partition coefficient (Wildman–Crippen LogP) is 3.21. The lowest BCUT2D eigenvalue weighted by Gasteiger charge is -2.08. The summed E-state index contributed by atoms with van der Waals surface area (Å²) in [6.45, 7) is 4.06. The molecule has 0 aliphatic carbocycles. The quantitative estimate of drug-likeness (QED) is 0.648. The highest BCUT2D eigenvalue weighted by Crippen LogP contribution is 2.14. The molecule has 0 saturated carbocycles. The van der Waals surface area contributed by atoms with Gasteiger partial charge in [0.2, 0.25) is 0 Å². The highest BCUT2D eigenvalue weighted by molar-refractivity contribution is 6.02. The third-order valence-electron chi connectivity index (χ3n) is 3.88. The third kappa shape index (κ3) is 4.76. The second-order valence-corrected chi connectivity index (χ2v) is 5.95. The largest absolute Gasteiger partial charge is 0.465 e. The molecule has 0 spiro atoms. The molecule has 130 valence electrons. The maximum Gasteiger partial charge on any atom is 0.337 e. The van der Waals surface area contributed by atoms with Crippen LogP contribution in [0.4, 0.5) is 0 Å². The molecule has 1 N–H and O–H groups in total. The molecule has 5 nitrogen and oxygen atoms in total. The summed E-state index contributed by atoms with van der Waals surface area (Å²) in [5.74, 6) is -0.595. The Morgan fingerprint density at radius 1 is 0.880 bits per heavy atom. The van der Waals surface area contributed by atoms with Crippen molar-refractivity contribution in [3.8, 4) is 0 Å². The first-order valence-corrected chi connectivity index (χ1v) is 8.02. The number of hydrogen-bond acceptors (Lipinski definition) is 4. The second-order valence-electron chi connectivity index (χ2n) is 5.95. The Morgan fingerprint density at radius 3 is 1.92 bits per heavy atom. The predicted molar refractivity (Wildman–Crippen MR) is 95.0 cm³/mol. The Morgan fingerprint density at radius 2 is 1.40 bits per heavy atom. The van der Waals surface area contributed by atoms with Crippen molar-refractivity contribution in [3.63, 3.8) is 0 Å². The topological polar surface area (TPSA) is 72.5 Å². The SMILES string of the molecule is COC(=O)c1ccc(C(=O)CNC(=O)c2ccc(C(C)C)cc2)cc1. The summed E-state index contributed by atoms with van der Waals surface area (Å²) < 4.78 is 4.61. The number of esters is 1. The van der Waals surface area contributed by atoms with Gasteiger partial charge in [-0.1, -0.05) is 38.1 Å². The van der Waals surface area contributed by atoms with E-state index in [-0.39, 0.29) is 18.2 Å². The number of ether oxygens (including phenoxy) is 1. The first-order valence-electron chi connectivity index (χ1n) is 8.02. The number of nitrogens with one attached hydrogen (secondary N) is 1. The van der Waals surface area contributed by atoms with Crippen molar-refractivity contribution in [2.75, 3.05) is 13.7 Å². The Balaban J connectivity index is 1.94. The molecule has 0 heterocycles. The summed E-state index contributed by atoms with van der Waals surface area (Å²) in [6, 6.07) is 13.4. The monoisotopic (exact) mass is 339 g/mol. The van der Waals surface area contributed by atoms with E-state index in [1.54, 1.807) is 12.1 Å². The van der Waals surface area contributed by atoms with Crippen molar-refractivity contribution in [1.82, 2.24) is 5.32 Å². The van der Waals surface area contributed by atoms with Gasteiger partial charge in [-0.2, -0.15) is 0 Å². The standard InChI is InChI=1S/C20H21NO4/c1-13(2)14-4-8-16(9-5-14)19(23)21-12-18(22)15-6-10-17(11-7-15)20(24)25-3/h4-11,13H,12H2,1-3H3,(H,21,23). The highest BCUT2D eigenvalue weighted by Gasteiger charge is 2.12. The molecule has 0 radical (unpaired) electrons. The van der Waals surface area contributed by atoms with Crippen LogP contribution in [0.2, 0.25) is 0 Å². The van der Waals surface area contributed by atoms with Crippen molar-refractivity contribution in [2.24, 2.45) is 0 Å². The number of Topliss-reactive ketones (excluding diaryl/α,β-unsaturated/α-hetero) is 1. The summed E-state index contributed by atoms with van der Waals surface area (Å²) in [6.07, 6.45) is 0. The van der Waals surface area contributed by atoms with Crippen molar-refractivity contribution in [2.45, 2.75) is 19.8 Å². The van der Waals surface area contributed by atoms with Crippen LogP contribution in [0.5, 0.6) is 0 Å². The Bertz CT molecular complexity index is 761. The molecule has 2 rings (SSSR count). The second kappa shape index (κ2) is 8.24. The molecular formula is C20H21NO4. The summed E-state index contributed by atoms with van der Waals surface area (Å²) in [4.78, 5) is 35.6. The fraction of sp³-hybridized carbons (Fsp3) is 0.250. The normalized spacial score (nSPS) is 10.4. The van der Waals surface area contributed by atoms with Crippen LogP contribution in [0.15, 0.2) is 48.5 Å². The average Bonchev–Trinajstić information content (AvgIpc) is 2.65. The Labute approximate surface area is 147 Å². The molecule has 25 heavy (non-hydrogen) atoms. The molecule has 0 aromatic heterocycles. The van der Waals surface area contributed by atoms with E-state index in [4.69, 9.17) is 0 Å². The van der Waals surface area contributed by atoms with Gasteiger partial charge in [-0.3, -0.25) is 9.59 Å². The molecule has 0 atom stereocenters. The number of benzene rings is 2. The zero-order chi connectivity index (χ0) is 18.4. The smallest absolute Gasteiger partial charge is 0.337 e. The zero-order valence-corrected chi connectivity index (χ0v) is 14.5. The molecule has 0 fully saturated rings. The van der Waals surface area contributed by atoms with Crippen LogP contribution < -0.4 is 5.32 Å². The number of rotatable bonds is 6. The first kappa shape index (κ1) is 18.4. The van der Waals surface area contributed by atoms with Crippen LogP contribution in [0, 0.1) is 0 Å². The molecule has 2 aromatic carbocycles. The first-order chi connectivity index (χ1) is 11.9. The van der Waals surface area contributed by atoms with Crippen molar-refractivity contribution >= 4 is 17.7 Å². The van der Waals surface area contributed by atoms with Gasteiger partial charge in [0.05, 0.1) is 19.2 Å². The number of ketones is 1. The molecule has 0 unspecified atom stereocenters. The van der Waals surface area contributed by atoms with E-state index < -0.39 is 5.97 Å². The minimum atomic E-state index is -0.461. The minimum Gasteiger partial charge on any atom is -0.465 e. The van der Waals surface area contributed by atoms with E-state index in [0.717, 1.165) is 5.56 Å². The maximum atomic E-state index is 12.1. The van der Waals surface area contributed by atoms with Crippen LogP contribution in [0.25, 0.3) is 0 Å². The fourth-order valence-electron chi connectivity index (χ4n) is 2.29. The molecule has 0 aliphatic heterocycles. The average molecular weight is 339 g/mol. The van der Waals surface area contributed by atoms with Crippen molar-refractivity contribution in [3.05, 3.63) is 70.8 Å². The fourth-order valence-corrected chi connectivity index (χ4v) is 2.29. The van der Waals surface area contributed by atoms with Crippen molar-refractivity contribution in [1.29, 1.82) is 0 Å². The van der Waals surface area contributed by atoms with Gasteiger partial charge in [-0.15, -0.1) is 0 Å². The number of methoxy groups -OCH3 is 1. The van der Waals surface area contributed by atoms with Gasteiger partial charge in [-0.05, 0) is 35.7 Å². The van der Waals surface area contributed by atoms with E-state index >= 15 is 0 Å². The summed E-state index contributed by atoms with van der Waals surface area (Å²) in [5, 5.41) is 2.61. The van der Waals surface area contributed by atoms with Crippen LogP contribution in [0.1, 0.15) is 56.4 Å². The zero-order valence-electron chi connectivity index (χ0n) is 14.5. The van der Waals surface area contributed by atoms with E-state index in [0.29, 0.717) is 22.6 Å². The number of amides is 1. The molecule has 0 bridgehead atoms. The lowest BCUT2D eigenvalue weighted by molar-refractivity contribution is 0.0600. The number of hydrogen-bond donors (Lipinski definition) is 1. The van der Waals surface area contributed by atoms with Gasteiger partial charge in [0.15, 0.2) is 5.78 Å². The lowest BCUT2D eigenvalue weighted by atomic mass is 10.0.